The fourth-order valence-corrected chi connectivity index (χ4v) is 3.12. The number of rotatable bonds is 4. The number of pyridine rings is 1. The van der Waals surface area contributed by atoms with Crippen LogP contribution in [-0.4, -0.2) is 46.9 Å². The van der Waals surface area contributed by atoms with Crippen LogP contribution in [0.4, 0.5) is 0 Å². The highest BCUT2D eigenvalue weighted by molar-refractivity contribution is 5.76. The van der Waals surface area contributed by atoms with Gasteiger partial charge in [-0.05, 0) is 36.5 Å². The third kappa shape index (κ3) is 3.91. The first kappa shape index (κ1) is 14.3. The summed E-state index contributed by atoms with van der Waals surface area (Å²) in [6.07, 6.45) is 11.1. The molecule has 0 spiro atoms. The molecule has 0 aromatic carbocycles. The van der Waals surface area contributed by atoms with Gasteiger partial charge in [-0.1, -0.05) is 12.2 Å². The van der Waals surface area contributed by atoms with E-state index >= 15 is 0 Å². The van der Waals surface area contributed by atoms with Gasteiger partial charge in [0.2, 0.25) is 5.91 Å². The predicted molar refractivity (Wildman–Crippen MR) is 82.6 cm³/mol. The standard InChI is InChI=1S/C17H23N3O/c21-17(13-15-3-1-2-4-15)20-11-9-19(10-12-20)14-16-5-7-18-8-6-16/h1,3,5-8,15H,2,4,9-14H2/t15-/m1/s1. The Bertz CT molecular complexity index is 492. The van der Waals surface area contributed by atoms with Crippen molar-refractivity contribution >= 4 is 5.91 Å². The van der Waals surface area contributed by atoms with Gasteiger partial charge in [0.15, 0.2) is 0 Å². The van der Waals surface area contributed by atoms with Crippen LogP contribution in [0.25, 0.3) is 0 Å². The lowest BCUT2D eigenvalue weighted by atomic mass is 10.0. The van der Waals surface area contributed by atoms with Crippen molar-refractivity contribution in [1.29, 1.82) is 0 Å². The molecule has 4 heteroatoms. The van der Waals surface area contributed by atoms with E-state index in [2.05, 4.69) is 34.2 Å². The lowest BCUT2D eigenvalue weighted by Gasteiger charge is -2.35. The summed E-state index contributed by atoms with van der Waals surface area (Å²) in [5.74, 6) is 0.808. The second kappa shape index (κ2) is 6.85. The zero-order valence-electron chi connectivity index (χ0n) is 12.4. The van der Waals surface area contributed by atoms with Gasteiger partial charge in [0, 0.05) is 51.5 Å². The Kier molecular flexibility index (Phi) is 4.65. The molecule has 0 unspecified atom stereocenters. The van der Waals surface area contributed by atoms with E-state index in [1.165, 1.54) is 5.56 Å². The maximum atomic E-state index is 12.3. The van der Waals surface area contributed by atoms with Crippen molar-refractivity contribution in [3.8, 4) is 0 Å². The molecule has 2 heterocycles. The molecule has 3 rings (SSSR count). The van der Waals surface area contributed by atoms with Gasteiger partial charge in [0.1, 0.15) is 0 Å². The highest BCUT2D eigenvalue weighted by Gasteiger charge is 2.23. The number of carbonyl (C=O) groups is 1. The maximum absolute atomic E-state index is 12.3. The fourth-order valence-electron chi connectivity index (χ4n) is 3.12. The number of amides is 1. The van der Waals surface area contributed by atoms with Gasteiger partial charge in [-0.15, -0.1) is 0 Å². The van der Waals surface area contributed by atoms with Gasteiger partial charge < -0.3 is 4.90 Å². The zero-order valence-corrected chi connectivity index (χ0v) is 12.4. The molecule has 1 aromatic rings. The number of hydrogen-bond acceptors (Lipinski definition) is 3. The van der Waals surface area contributed by atoms with Gasteiger partial charge in [-0.25, -0.2) is 0 Å². The molecule has 0 radical (unpaired) electrons. The van der Waals surface area contributed by atoms with Crippen LogP contribution in [0.3, 0.4) is 0 Å². The van der Waals surface area contributed by atoms with Crippen molar-refractivity contribution in [3.63, 3.8) is 0 Å². The fraction of sp³-hybridized carbons (Fsp3) is 0.529. The topological polar surface area (TPSA) is 36.4 Å². The van der Waals surface area contributed by atoms with Gasteiger partial charge in [-0.2, -0.15) is 0 Å². The summed E-state index contributed by atoms with van der Waals surface area (Å²) in [4.78, 5) is 20.8. The number of piperazine rings is 1. The van der Waals surface area contributed by atoms with Crippen LogP contribution in [0.2, 0.25) is 0 Å². The molecule has 1 aliphatic carbocycles. The van der Waals surface area contributed by atoms with Gasteiger partial charge in [0.05, 0.1) is 0 Å². The maximum Gasteiger partial charge on any atom is 0.223 e. The summed E-state index contributed by atoms with van der Waals surface area (Å²) >= 11 is 0. The summed E-state index contributed by atoms with van der Waals surface area (Å²) in [6.45, 7) is 4.61. The van der Waals surface area contributed by atoms with E-state index in [-0.39, 0.29) is 0 Å². The van der Waals surface area contributed by atoms with Crippen molar-refractivity contribution in [2.45, 2.75) is 25.8 Å². The van der Waals surface area contributed by atoms with Crippen LogP contribution in [0.5, 0.6) is 0 Å². The third-order valence-corrected chi connectivity index (χ3v) is 4.43. The van der Waals surface area contributed by atoms with Crippen molar-refractivity contribution in [2.24, 2.45) is 5.92 Å². The molecule has 1 aromatic heterocycles. The van der Waals surface area contributed by atoms with E-state index in [0.29, 0.717) is 18.2 Å². The van der Waals surface area contributed by atoms with Crippen LogP contribution in [0.1, 0.15) is 24.8 Å². The highest BCUT2D eigenvalue weighted by Crippen LogP contribution is 2.21. The third-order valence-electron chi connectivity index (χ3n) is 4.43. The Morgan fingerprint density at radius 2 is 1.95 bits per heavy atom. The minimum Gasteiger partial charge on any atom is -0.340 e. The monoisotopic (exact) mass is 285 g/mol. The van der Waals surface area contributed by atoms with Crippen molar-refractivity contribution in [3.05, 3.63) is 42.2 Å². The molecule has 0 N–H and O–H groups in total. The molecule has 1 aliphatic heterocycles. The van der Waals surface area contributed by atoms with E-state index < -0.39 is 0 Å². The summed E-state index contributed by atoms with van der Waals surface area (Å²) in [5.41, 5.74) is 1.29. The summed E-state index contributed by atoms with van der Waals surface area (Å²) in [6, 6.07) is 4.12. The van der Waals surface area contributed by atoms with Crippen LogP contribution >= 0.6 is 0 Å². The molecule has 4 nitrogen and oxygen atoms in total. The first-order chi connectivity index (χ1) is 10.3. The minimum absolute atomic E-state index is 0.329. The molecule has 112 valence electrons. The SMILES string of the molecule is O=C(C[C@@H]1C=CCC1)N1CCN(Cc2ccncc2)CC1. The lowest BCUT2D eigenvalue weighted by molar-refractivity contribution is -0.133. The lowest BCUT2D eigenvalue weighted by Crippen LogP contribution is -2.48. The minimum atomic E-state index is 0.329. The first-order valence-electron chi connectivity index (χ1n) is 7.87. The normalized spacial score (nSPS) is 22.7. The van der Waals surface area contributed by atoms with Crippen molar-refractivity contribution in [1.82, 2.24) is 14.8 Å². The van der Waals surface area contributed by atoms with Gasteiger partial charge in [0.25, 0.3) is 0 Å². The number of nitrogens with zero attached hydrogens (tertiary/aromatic N) is 3. The Labute approximate surface area is 126 Å². The quantitative estimate of drug-likeness (QED) is 0.795. The molecule has 1 amide bonds. The molecule has 1 atom stereocenters. The largest absolute Gasteiger partial charge is 0.340 e. The molecule has 2 aliphatic rings. The van der Waals surface area contributed by atoms with E-state index in [9.17, 15) is 4.79 Å². The average Bonchev–Trinajstić information content (AvgIpc) is 3.02. The summed E-state index contributed by atoms with van der Waals surface area (Å²) in [5, 5.41) is 0. The zero-order chi connectivity index (χ0) is 14.5. The van der Waals surface area contributed by atoms with E-state index in [1.54, 1.807) is 0 Å². The van der Waals surface area contributed by atoms with E-state index in [4.69, 9.17) is 0 Å². The molecule has 0 bridgehead atoms. The summed E-state index contributed by atoms with van der Waals surface area (Å²) in [7, 11) is 0. The molecular formula is C17H23N3O. The van der Waals surface area contributed by atoms with Crippen LogP contribution < -0.4 is 0 Å². The van der Waals surface area contributed by atoms with Crippen LogP contribution in [0.15, 0.2) is 36.7 Å². The molecular weight excluding hydrogens is 262 g/mol. The molecule has 1 saturated heterocycles. The number of allylic oxidation sites excluding steroid dienone is 2. The Morgan fingerprint density at radius 3 is 2.62 bits per heavy atom. The number of aromatic nitrogens is 1. The van der Waals surface area contributed by atoms with Crippen LogP contribution in [0, 0.1) is 5.92 Å². The average molecular weight is 285 g/mol. The van der Waals surface area contributed by atoms with E-state index in [0.717, 1.165) is 45.6 Å². The van der Waals surface area contributed by atoms with Crippen molar-refractivity contribution in [2.75, 3.05) is 26.2 Å². The Morgan fingerprint density at radius 1 is 1.19 bits per heavy atom. The predicted octanol–water partition coefficient (Wildman–Crippen LogP) is 2.08. The second-order valence-electron chi connectivity index (χ2n) is 5.98. The molecule has 1 fully saturated rings. The van der Waals surface area contributed by atoms with E-state index in [1.807, 2.05) is 17.3 Å². The smallest absolute Gasteiger partial charge is 0.223 e. The Hall–Kier alpha value is -1.68. The Balaban J connectivity index is 1.44. The van der Waals surface area contributed by atoms with Crippen molar-refractivity contribution < 1.29 is 4.79 Å². The van der Waals surface area contributed by atoms with Crippen LogP contribution in [-0.2, 0) is 11.3 Å². The second-order valence-corrected chi connectivity index (χ2v) is 5.98. The van der Waals surface area contributed by atoms with Gasteiger partial charge in [-0.3, -0.25) is 14.7 Å². The van der Waals surface area contributed by atoms with Gasteiger partial charge >= 0.3 is 0 Å². The molecule has 21 heavy (non-hydrogen) atoms. The number of hydrogen-bond donors (Lipinski definition) is 0. The highest BCUT2D eigenvalue weighted by atomic mass is 16.2. The summed E-state index contributed by atoms with van der Waals surface area (Å²) < 4.78 is 0. The molecule has 0 saturated carbocycles. The first-order valence-corrected chi connectivity index (χ1v) is 7.87. The number of carbonyl (C=O) groups excluding carboxylic acids is 1.